The van der Waals surface area contributed by atoms with Gasteiger partial charge in [-0.25, -0.2) is 4.68 Å². The van der Waals surface area contributed by atoms with E-state index in [2.05, 4.69) is 5.10 Å². The molecule has 0 saturated carbocycles. The minimum atomic E-state index is 0.584. The molecule has 2 aromatic rings. The maximum Gasteiger partial charge on any atom is 0.150 e. The van der Waals surface area contributed by atoms with Gasteiger partial charge in [-0.15, -0.1) is 0 Å². The number of hydrogen-bond donors (Lipinski definition) is 0. The van der Waals surface area contributed by atoms with Crippen LogP contribution >= 0.6 is 0 Å². The van der Waals surface area contributed by atoms with E-state index in [0.717, 1.165) is 23.2 Å². The summed E-state index contributed by atoms with van der Waals surface area (Å²) in [6.07, 6.45) is 2.65. The number of aromatic nitrogens is 2. The predicted molar refractivity (Wildman–Crippen MR) is 57.4 cm³/mol. The van der Waals surface area contributed by atoms with Gasteiger partial charge in [0.05, 0.1) is 30.8 Å². The lowest BCUT2D eigenvalue weighted by molar-refractivity contribution is 0.112. The van der Waals surface area contributed by atoms with Crippen molar-refractivity contribution in [3.63, 3.8) is 0 Å². The second-order valence-electron chi connectivity index (χ2n) is 3.73. The first-order valence-corrected chi connectivity index (χ1v) is 5.07. The van der Waals surface area contributed by atoms with Crippen LogP contribution in [-0.2, 0) is 18.0 Å². The van der Waals surface area contributed by atoms with Crippen LogP contribution in [-0.4, -0.2) is 16.1 Å². The third-order valence-corrected chi connectivity index (χ3v) is 2.70. The topological polar surface area (TPSA) is 44.1 Å². The molecule has 0 unspecified atom stereocenters. The van der Waals surface area contributed by atoms with Gasteiger partial charge < -0.3 is 4.74 Å². The summed E-state index contributed by atoms with van der Waals surface area (Å²) in [5, 5.41) is 4.30. The average molecular weight is 214 g/mol. The van der Waals surface area contributed by atoms with E-state index in [1.807, 2.05) is 29.1 Å². The Hall–Kier alpha value is -1.94. The minimum Gasteiger partial charge on any atom is -0.370 e. The zero-order valence-electron chi connectivity index (χ0n) is 8.59. The quantitative estimate of drug-likeness (QED) is 0.715. The lowest BCUT2D eigenvalue weighted by Gasteiger charge is -2.05. The molecule has 4 nitrogen and oxygen atoms in total. The number of hydrogen-bond acceptors (Lipinski definition) is 3. The Bertz CT molecular complexity index is 546. The van der Waals surface area contributed by atoms with Gasteiger partial charge in [-0.1, -0.05) is 12.1 Å². The second kappa shape index (κ2) is 3.57. The Morgan fingerprint density at radius 3 is 3.19 bits per heavy atom. The largest absolute Gasteiger partial charge is 0.370 e. The Labute approximate surface area is 92.5 Å². The van der Waals surface area contributed by atoms with Crippen LogP contribution in [0, 0.1) is 0 Å². The lowest BCUT2D eigenvalue weighted by atomic mass is 10.2. The van der Waals surface area contributed by atoms with E-state index >= 15 is 0 Å². The monoisotopic (exact) mass is 214 g/mol. The van der Waals surface area contributed by atoms with Crippen LogP contribution < -0.4 is 0 Å². The maximum absolute atomic E-state index is 10.7. The van der Waals surface area contributed by atoms with Crippen LogP contribution in [0.25, 0.3) is 5.69 Å². The summed E-state index contributed by atoms with van der Waals surface area (Å²) in [6.45, 7) is 1.21. The predicted octanol–water partition coefficient (Wildman–Crippen LogP) is 1.72. The van der Waals surface area contributed by atoms with Crippen molar-refractivity contribution in [2.24, 2.45) is 0 Å². The fourth-order valence-electron chi connectivity index (χ4n) is 1.89. The standard InChI is InChI=1S/C12H10N2O2/c15-6-9-2-1-3-11(4-9)14-12-8-16-7-10(12)5-13-14/h1-6H,7-8H2. The van der Waals surface area contributed by atoms with Gasteiger partial charge in [0.2, 0.25) is 0 Å². The van der Waals surface area contributed by atoms with Crippen molar-refractivity contribution in [3.8, 4) is 5.69 Å². The number of benzene rings is 1. The van der Waals surface area contributed by atoms with Crippen LogP contribution in [0.2, 0.25) is 0 Å². The van der Waals surface area contributed by atoms with E-state index in [4.69, 9.17) is 4.74 Å². The lowest BCUT2D eigenvalue weighted by Crippen LogP contribution is -2.01. The molecule has 1 aromatic heterocycles. The van der Waals surface area contributed by atoms with Gasteiger partial charge >= 0.3 is 0 Å². The molecule has 1 aromatic carbocycles. The highest BCUT2D eigenvalue weighted by atomic mass is 16.5. The Balaban J connectivity index is 2.11. The van der Waals surface area contributed by atoms with Gasteiger partial charge in [0.1, 0.15) is 6.29 Å². The molecule has 0 aliphatic carbocycles. The molecule has 3 rings (SSSR count). The highest BCUT2D eigenvalue weighted by molar-refractivity contribution is 5.75. The molecule has 0 atom stereocenters. The first-order valence-electron chi connectivity index (χ1n) is 5.07. The molecule has 4 heteroatoms. The number of rotatable bonds is 2. The number of carbonyl (C=O) groups excluding carboxylic acids is 1. The third-order valence-electron chi connectivity index (χ3n) is 2.70. The van der Waals surface area contributed by atoms with Gasteiger partial charge in [-0.2, -0.15) is 5.10 Å². The molecule has 0 fully saturated rings. The van der Waals surface area contributed by atoms with Crippen molar-refractivity contribution in [2.75, 3.05) is 0 Å². The summed E-state index contributed by atoms with van der Waals surface area (Å²) in [5.41, 5.74) is 3.75. The van der Waals surface area contributed by atoms with Crippen LogP contribution in [0.5, 0.6) is 0 Å². The summed E-state index contributed by atoms with van der Waals surface area (Å²) in [6, 6.07) is 7.37. The number of carbonyl (C=O) groups is 1. The van der Waals surface area contributed by atoms with Crippen LogP contribution in [0.15, 0.2) is 30.5 Å². The first-order chi connectivity index (χ1) is 7.88. The molecule has 16 heavy (non-hydrogen) atoms. The van der Waals surface area contributed by atoms with Crippen LogP contribution in [0.3, 0.4) is 0 Å². The SMILES string of the molecule is O=Cc1cccc(-n2ncc3c2COC3)c1. The van der Waals surface area contributed by atoms with Gasteiger partial charge in [0.25, 0.3) is 0 Å². The summed E-state index contributed by atoms with van der Waals surface area (Å²) >= 11 is 0. The van der Waals surface area contributed by atoms with Crippen LogP contribution in [0.4, 0.5) is 0 Å². The average Bonchev–Trinajstić information content (AvgIpc) is 2.90. The first kappa shape index (κ1) is 9.30. The van der Waals surface area contributed by atoms with Gasteiger partial charge in [0.15, 0.2) is 0 Å². The van der Waals surface area contributed by atoms with Crippen molar-refractivity contribution in [3.05, 3.63) is 47.3 Å². The molecule has 1 aliphatic rings. The number of aldehydes is 1. The summed E-state index contributed by atoms with van der Waals surface area (Å²) < 4.78 is 7.17. The van der Waals surface area contributed by atoms with Crippen molar-refractivity contribution >= 4 is 6.29 Å². The summed E-state index contributed by atoms with van der Waals surface area (Å²) in [5.74, 6) is 0. The molecule has 0 bridgehead atoms. The molecular weight excluding hydrogens is 204 g/mol. The third kappa shape index (κ3) is 1.35. The van der Waals surface area contributed by atoms with Crippen molar-refractivity contribution < 1.29 is 9.53 Å². The van der Waals surface area contributed by atoms with E-state index in [1.165, 1.54) is 0 Å². The van der Waals surface area contributed by atoms with Crippen molar-refractivity contribution in [1.29, 1.82) is 0 Å². The van der Waals surface area contributed by atoms with Crippen LogP contribution in [0.1, 0.15) is 21.6 Å². The van der Waals surface area contributed by atoms with E-state index in [1.54, 1.807) is 6.07 Å². The molecule has 0 radical (unpaired) electrons. The smallest absolute Gasteiger partial charge is 0.150 e. The molecule has 0 saturated heterocycles. The Morgan fingerprint density at radius 1 is 1.38 bits per heavy atom. The minimum absolute atomic E-state index is 0.584. The molecule has 80 valence electrons. The second-order valence-corrected chi connectivity index (χ2v) is 3.73. The Morgan fingerprint density at radius 2 is 2.31 bits per heavy atom. The fraction of sp³-hybridized carbons (Fsp3) is 0.167. The molecular formula is C12H10N2O2. The van der Waals surface area contributed by atoms with E-state index in [-0.39, 0.29) is 0 Å². The highest BCUT2D eigenvalue weighted by Crippen LogP contribution is 2.22. The van der Waals surface area contributed by atoms with Crippen molar-refractivity contribution in [1.82, 2.24) is 9.78 Å². The van der Waals surface area contributed by atoms with E-state index < -0.39 is 0 Å². The Kier molecular flexibility index (Phi) is 2.08. The van der Waals surface area contributed by atoms with Gasteiger partial charge in [-0.3, -0.25) is 4.79 Å². The molecule has 0 spiro atoms. The van der Waals surface area contributed by atoms with E-state index in [0.29, 0.717) is 18.8 Å². The zero-order valence-corrected chi connectivity index (χ0v) is 8.59. The molecule has 2 heterocycles. The number of fused-ring (bicyclic) bond motifs is 1. The summed E-state index contributed by atoms with van der Waals surface area (Å²) in [7, 11) is 0. The van der Waals surface area contributed by atoms with Gasteiger partial charge in [0, 0.05) is 11.1 Å². The van der Waals surface area contributed by atoms with Gasteiger partial charge in [-0.05, 0) is 12.1 Å². The van der Waals surface area contributed by atoms with Crippen molar-refractivity contribution in [2.45, 2.75) is 13.2 Å². The fourth-order valence-corrected chi connectivity index (χ4v) is 1.89. The number of ether oxygens (including phenoxy) is 1. The molecule has 1 aliphatic heterocycles. The maximum atomic E-state index is 10.7. The zero-order chi connectivity index (χ0) is 11.0. The normalized spacial score (nSPS) is 13.8. The summed E-state index contributed by atoms with van der Waals surface area (Å²) in [4.78, 5) is 10.7. The molecule has 0 amide bonds. The van der Waals surface area contributed by atoms with E-state index in [9.17, 15) is 4.79 Å². The highest BCUT2D eigenvalue weighted by Gasteiger charge is 2.17. The number of nitrogens with zero attached hydrogens (tertiary/aromatic N) is 2. The molecule has 0 N–H and O–H groups in total.